The molecule has 0 unspecified atom stereocenters. The van der Waals surface area contributed by atoms with Gasteiger partial charge in [-0.3, -0.25) is 0 Å². The van der Waals surface area contributed by atoms with Gasteiger partial charge in [0, 0.05) is 10.6 Å². The van der Waals surface area contributed by atoms with Crippen LogP contribution < -0.4 is 4.72 Å². The molecule has 0 amide bonds. The van der Waals surface area contributed by atoms with Crippen LogP contribution in [0.1, 0.15) is 11.1 Å². The van der Waals surface area contributed by atoms with Crippen LogP contribution in [0.5, 0.6) is 0 Å². The molecule has 0 aliphatic heterocycles. The summed E-state index contributed by atoms with van der Waals surface area (Å²) in [6.45, 7) is 0.0711. The smallest absolute Gasteiger partial charge is 0.212 e. The van der Waals surface area contributed by atoms with Crippen molar-refractivity contribution in [2.24, 2.45) is 0 Å². The molecule has 2 aromatic carbocycles. The fourth-order valence-electron chi connectivity index (χ4n) is 1.70. The highest BCUT2D eigenvalue weighted by molar-refractivity contribution is 7.88. The lowest BCUT2D eigenvalue weighted by Crippen LogP contribution is -2.25. The van der Waals surface area contributed by atoms with Gasteiger partial charge in [-0.2, -0.15) is 0 Å². The van der Waals surface area contributed by atoms with Crippen molar-refractivity contribution in [1.29, 1.82) is 0 Å². The van der Waals surface area contributed by atoms with Crippen LogP contribution in [0.25, 0.3) is 0 Å². The van der Waals surface area contributed by atoms with Gasteiger partial charge in [0.05, 0.1) is 12.3 Å². The Labute approximate surface area is 130 Å². The molecule has 0 atom stereocenters. The summed E-state index contributed by atoms with van der Waals surface area (Å²) in [6, 6.07) is 16.1. The first-order valence-electron chi connectivity index (χ1n) is 6.31. The van der Waals surface area contributed by atoms with Crippen molar-refractivity contribution in [3.8, 4) is 11.8 Å². The summed E-state index contributed by atoms with van der Waals surface area (Å²) in [5.74, 6) is 5.58. The number of nitrogens with one attached hydrogen (secondary N) is 1. The van der Waals surface area contributed by atoms with E-state index in [9.17, 15) is 8.42 Å². The molecule has 0 heterocycles. The molecule has 2 aromatic rings. The van der Waals surface area contributed by atoms with Crippen LogP contribution in [-0.4, -0.2) is 15.0 Å². The van der Waals surface area contributed by atoms with E-state index in [0.29, 0.717) is 5.02 Å². The van der Waals surface area contributed by atoms with Crippen molar-refractivity contribution in [3.63, 3.8) is 0 Å². The first-order chi connectivity index (χ1) is 10.1. The number of benzene rings is 2. The fourth-order valence-corrected chi connectivity index (χ4v) is 2.92. The van der Waals surface area contributed by atoms with E-state index in [1.807, 2.05) is 24.3 Å². The lowest BCUT2D eigenvalue weighted by Gasteiger charge is -2.03. The Morgan fingerprint density at radius 1 is 1.05 bits per heavy atom. The van der Waals surface area contributed by atoms with Gasteiger partial charge >= 0.3 is 0 Å². The molecule has 3 nitrogen and oxygen atoms in total. The zero-order chi connectivity index (χ0) is 15.1. The average Bonchev–Trinajstić information content (AvgIpc) is 2.44. The number of hydrogen-bond donors (Lipinski definition) is 1. The zero-order valence-corrected chi connectivity index (χ0v) is 12.8. The summed E-state index contributed by atoms with van der Waals surface area (Å²) in [6.07, 6.45) is 0. The molecule has 0 saturated heterocycles. The van der Waals surface area contributed by atoms with Crippen LogP contribution in [0.3, 0.4) is 0 Å². The van der Waals surface area contributed by atoms with Crippen molar-refractivity contribution in [2.45, 2.75) is 5.75 Å². The van der Waals surface area contributed by atoms with E-state index in [2.05, 4.69) is 16.6 Å². The van der Waals surface area contributed by atoms with Gasteiger partial charge < -0.3 is 0 Å². The quantitative estimate of drug-likeness (QED) is 0.881. The van der Waals surface area contributed by atoms with Crippen molar-refractivity contribution in [3.05, 3.63) is 70.7 Å². The predicted octanol–water partition coefficient (Wildman–Crippen LogP) is 2.81. The second-order valence-corrected chi connectivity index (χ2v) is 6.62. The van der Waals surface area contributed by atoms with Crippen LogP contribution in [0.4, 0.5) is 0 Å². The van der Waals surface area contributed by atoms with Gasteiger partial charge in [-0.25, -0.2) is 13.1 Å². The average molecular weight is 320 g/mol. The van der Waals surface area contributed by atoms with E-state index >= 15 is 0 Å². The first kappa shape index (κ1) is 15.6. The molecule has 5 heteroatoms. The maximum Gasteiger partial charge on any atom is 0.216 e. The monoisotopic (exact) mass is 319 g/mol. The van der Waals surface area contributed by atoms with Gasteiger partial charge in [0.25, 0.3) is 0 Å². The summed E-state index contributed by atoms with van der Waals surface area (Å²) in [7, 11) is -3.38. The SMILES string of the molecule is O=S(=O)(Cc1ccccc1)NCC#Cc1cccc(Cl)c1. The van der Waals surface area contributed by atoms with Gasteiger partial charge in [-0.05, 0) is 23.8 Å². The van der Waals surface area contributed by atoms with E-state index in [1.54, 1.807) is 30.3 Å². The molecule has 0 aliphatic carbocycles. The Morgan fingerprint density at radius 2 is 1.81 bits per heavy atom. The molecular weight excluding hydrogens is 306 g/mol. The van der Waals surface area contributed by atoms with Crippen molar-refractivity contribution >= 4 is 21.6 Å². The van der Waals surface area contributed by atoms with E-state index < -0.39 is 10.0 Å². The van der Waals surface area contributed by atoms with Gasteiger partial charge in [0.15, 0.2) is 0 Å². The maximum absolute atomic E-state index is 11.9. The standard InChI is InChI=1S/C16H14ClNO2S/c17-16-10-4-8-14(12-16)9-5-11-18-21(19,20)13-15-6-2-1-3-7-15/h1-4,6-8,10,12,18H,11,13H2. The van der Waals surface area contributed by atoms with E-state index in [1.165, 1.54) is 0 Å². The second kappa shape index (κ2) is 7.28. The molecule has 21 heavy (non-hydrogen) atoms. The van der Waals surface area contributed by atoms with E-state index in [-0.39, 0.29) is 12.3 Å². The van der Waals surface area contributed by atoms with Crippen LogP contribution in [-0.2, 0) is 15.8 Å². The molecular formula is C16H14ClNO2S. The third kappa shape index (κ3) is 5.60. The number of halogens is 1. The highest BCUT2D eigenvalue weighted by Gasteiger charge is 2.09. The Hall–Kier alpha value is -1.80. The summed E-state index contributed by atoms with van der Waals surface area (Å²) in [5.41, 5.74) is 1.50. The fraction of sp³-hybridized carbons (Fsp3) is 0.125. The lowest BCUT2D eigenvalue weighted by molar-refractivity contribution is 0.585. The third-order valence-electron chi connectivity index (χ3n) is 2.64. The molecule has 108 valence electrons. The van der Waals surface area contributed by atoms with Crippen molar-refractivity contribution in [2.75, 3.05) is 6.54 Å². The third-order valence-corrected chi connectivity index (χ3v) is 4.17. The molecule has 1 N–H and O–H groups in total. The normalized spacial score (nSPS) is 10.7. The molecule has 0 aliphatic rings. The minimum Gasteiger partial charge on any atom is -0.212 e. The minimum atomic E-state index is -3.38. The summed E-state index contributed by atoms with van der Waals surface area (Å²) < 4.78 is 26.2. The minimum absolute atomic E-state index is 0.0489. The molecule has 0 aromatic heterocycles. The van der Waals surface area contributed by atoms with Crippen LogP contribution in [0, 0.1) is 11.8 Å². The number of hydrogen-bond acceptors (Lipinski definition) is 2. The highest BCUT2D eigenvalue weighted by atomic mass is 35.5. The predicted molar refractivity (Wildman–Crippen MR) is 85.4 cm³/mol. The van der Waals surface area contributed by atoms with Crippen LogP contribution in [0.2, 0.25) is 5.02 Å². The van der Waals surface area contributed by atoms with Gasteiger partial charge in [0.1, 0.15) is 0 Å². The molecule has 0 fully saturated rings. The van der Waals surface area contributed by atoms with Crippen LogP contribution >= 0.6 is 11.6 Å². The largest absolute Gasteiger partial charge is 0.216 e. The van der Waals surface area contributed by atoms with Crippen molar-refractivity contribution < 1.29 is 8.42 Å². The van der Waals surface area contributed by atoms with Gasteiger partial charge in [-0.1, -0.05) is 59.8 Å². The zero-order valence-electron chi connectivity index (χ0n) is 11.2. The van der Waals surface area contributed by atoms with Gasteiger partial charge in [0.2, 0.25) is 10.0 Å². The molecule has 0 bridgehead atoms. The summed E-state index contributed by atoms with van der Waals surface area (Å²) in [5, 5.41) is 0.603. The highest BCUT2D eigenvalue weighted by Crippen LogP contribution is 2.09. The van der Waals surface area contributed by atoms with E-state index in [0.717, 1.165) is 11.1 Å². The topological polar surface area (TPSA) is 46.2 Å². The lowest BCUT2D eigenvalue weighted by atomic mass is 10.2. The maximum atomic E-state index is 11.9. The number of rotatable bonds is 4. The Bertz CT molecular complexity index is 762. The Kier molecular flexibility index (Phi) is 5.40. The summed E-state index contributed by atoms with van der Waals surface area (Å²) >= 11 is 5.84. The summed E-state index contributed by atoms with van der Waals surface area (Å²) in [4.78, 5) is 0. The molecule has 2 rings (SSSR count). The molecule has 0 radical (unpaired) electrons. The Balaban J connectivity index is 1.91. The molecule has 0 saturated carbocycles. The number of sulfonamides is 1. The van der Waals surface area contributed by atoms with Crippen LogP contribution in [0.15, 0.2) is 54.6 Å². The molecule has 0 spiro atoms. The first-order valence-corrected chi connectivity index (χ1v) is 8.34. The van der Waals surface area contributed by atoms with Gasteiger partial charge in [-0.15, -0.1) is 0 Å². The van der Waals surface area contributed by atoms with Crippen molar-refractivity contribution in [1.82, 2.24) is 4.72 Å². The van der Waals surface area contributed by atoms with E-state index in [4.69, 9.17) is 11.6 Å². The Morgan fingerprint density at radius 3 is 2.52 bits per heavy atom. The second-order valence-electron chi connectivity index (χ2n) is 4.38.